The summed E-state index contributed by atoms with van der Waals surface area (Å²) < 4.78 is 0. The lowest BCUT2D eigenvalue weighted by Gasteiger charge is -2.18. The zero-order valence-corrected chi connectivity index (χ0v) is 10.2. The lowest BCUT2D eigenvalue weighted by Crippen LogP contribution is -2.27. The van der Waals surface area contributed by atoms with Gasteiger partial charge in [0.05, 0.1) is 12.0 Å². The van der Waals surface area contributed by atoms with Crippen molar-refractivity contribution in [2.75, 3.05) is 34.2 Å². The Morgan fingerprint density at radius 3 is 2.47 bits per heavy atom. The Kier molecular flexibility index (Phi) is 6.72. The Balaban J connectivity index is 3.60. The van der Waals surface area contributed by atoms with Gasteiger partial charge in [-0.05, 0) is 26.9 Å². The maximum atomic E-state index is 11.3. The van der Waals surface area contributed by atoms with Crippen LogP contribution in [0.1, 0.15) is 19.8 Å². The maximum absolute atomic E-state index is 11.3. The third kappa shape index (κ3) is 6.92. The quantitative estimate of drug-likeness (QED) is 0.657. The third-order valence-electron chi connectivity index (χ3n) is 2.24. The molecule has 0 aliphatic heterocycles. The van der Waals surface area contributed by atoms with Crippen LogP contribution < -0.4 is 0 Å². The summed E-state index contributed by atoms with van der Waals surface area (Å²) in [6.07, 6.45) is 1.43. The van der Waals surface area contributed by atoms with Gasteiger partial charge in [-0.3, -0.25) is 4.79 Å². The molecule has 0 N–H and O–H groups in total. The highest BCUT2D eigenvalue weighted by molar-refractivity contribution is 5.75. The second-order valence-corrected chi connectivity index (χ2v) is 4.18. The van der Waals surface area contributed by atoms with E-state index in [9.17, 15) is 4.79 Å². The van der Waals surface area contributed by atoms with Crippen molar-refractivity contribution in [3.05, 3.63) is 0 Å². The first kappa shape index (κ1) is 13.9. The highest BCUT2D eigenvalue weighted by Crippen LogP contribution is 1.99. The molecule has 0 saturated heterocycles. The lowest BCUT2D eigenvalue weighted by molar-refractivity contribution is -0.128. The molecule has 0 spiro atoms. The minimum atomic E-state index is 0.0551. The Morgan fingerprint density at radius 1 is 1.40 bits per heavy atom. The molecule has 0 heterocycles. The number of rotatable bonds is 6. The van der Waals surface area contributed by atoms with Gasteiger partial charge in [-0.25, -0.2) is 0 Å². The fraction of sp³-hybridized carbons (Fsp3) is 0.818. The molecule has 0 aromatic heterocycles. The van der Waals surface area contributed by atoms with E-state index in [2.05, 4.69) is 11.0 Å². The molecule has 0 aliphatic rings. The van der Waals surface area contributed by atoms with Crippen LogP contribution in [0.3, 0.4) is 0 Å². The second-order valence-electron chi connectivity index (χ2n) is 4.18. The molecule has 0 bridgehead atoms. The fourth-order valence-electron chi connectivity index (χ4n) is 1.32. The van der Waals surface area contributed by atoms with Crippen LogP contribution in [0.5, 0.6) is 0 Å². The van der Waals surface area contributed by atoms with Crippen LogP contribution in [0.15, 0.2) is 0 Å². The minimum Gasteiger partial charge on any atom is -0.349 e. The van der Waals surface area contributed by atoms with E-state index in [1.54, 1.807) is 19.0 Å². The maximum Gasteiger partial charge on any atom is 0.222 e. The number of amides is 1. The van der Waals surface area contributed by atoms with Crippen molar-refractivity contribution in [1.29, 1.82) is 5.26 Å². The number of nitrogens with zero attached hydrogens (tertiary/aromatic N) is 3. The predicted octanol–water partition coefficient (Wildman–Crippen LogP) is 0.946. The van der Waals surface area contributed by atoms with E-state index in [0.717, 1.165) is 19.5 Å². The van der Waals surface area contributed by atoms with Gasteiger partial charge in [-0.1, -0.05) is 0 Å². The summed E-state index contributed by atoms with van der Waals surface area (Å²) in [7, 11) is 5.52. The SMILES string of the molecule is CC(C#N)CN(C)CCCC(=O)N(C)C. The summed E-state index contributed by atoms with van der Waals surface area (Å²) in [5.41, 5.74) is 0. The first-order valence-electron chi connectivity index (χ1n) is 5.25. The van der Waals surface area contributed by atoms with Crippen LogP contribution >= 0.6 is 0 Å². The molecule has 1 unspecified atom stereocenters. The summed E-state index contributed by atoms with van der Waals surface area (Å²) >= 11 is 0. The van der Waals surface area contributed by atoms with Crippen molar-refractivity contribution in [3.8, 4) is 6.07 Å². The molecule has 86 valence electrons. The number of nitriles is 1. The van der Waals surface area contributed by atoms with Crippen LogP contribution in [-0.2, 0) is 4.79 Å². The van der Waals surface area contributed by atoms with Crippen molar-refractivity contribution < 1.29 is 4.79 Å². The second kappa shape index (κ2) is 7.24. The van der Waals surface area contributed by atoms with Gasteiger partial charge < -0.3 is 9.80 Å². The van der Waals surface area contributed by atoms with Gasteiger partial charge in [0.15, 0.2) is 0 Å². The van der Waals surface area contributed by atoms with Gasteiger partial charge >= 0.3 is 0 Å². The number of hydrogen-bond acceptors (Lipinski definition) is 3. The average Bonchev–Trinajstić information content (AvgIpc) is 2.17. The highest BCUT2D eigenvalue weighted by Gasteiger charge is 2.07. The molecular formula is C11H21N3O. The van der Waals surface area contributed by atoms with Gasteiger partial charge in [-0.15, -0.1) is 0 Å². The van der Waals surface area contributed by atoms with Crippen molar-refractivity contribution in [1.82, 2.24) is 9.80 Å². The Labute approximate surface area is 92.5 Å². The van der Waals surface area contributed by atoms with Crippen LogP contribution in [0.25, 0.3) is 0 Å². The first-order chi connectivity index (χ1) is 6.97. The van der Waals surface area contributed by atoms with Crippen LogP contribution in [0, 0.1) is 17.2 Å². The molecule has 15 heavy (non-hydrogen) atoms. The number of hydrogen-bond donors (Lipinski definition) is 0. The van der Waals surface area contributed by atoms with E-state index in [1.165, 1.54) is 0 Å². The molecule has 0 radical (unpaired) electrons. The molecular weight excluding hydrogens is 190 g/mol. The lowest BCUT2D eigenvalue weighted by atomic mass is 10.2. The molecule has 0 fully saturated rings. The van der Waals surface area contributed by atoms with Crippen molar-refractivity contribution in [2.45, 2.75) is 19.8 Å². The standard InChI is InChI=1S/C11H21N3O/c1-10(8-12)9-14(4)7-5-6-11(15)13(2)3/h10H,5-7,9H2,1-4H3. The van der Waals surface area contributed by atoms with E-state index in [4.69, 9.17) is 5.26 Å². The van der Waals surface area contributed by atoms with E-state index in [-0.39, 0.29) is 11.8 Å². The highest BCUT2D eigenvalue weighted by atomic mass is 16.2. The Morgan fingerprint density at radius 2 is 2.00 bits per heavy atom. The first-order valence-corrected chi connectivity index (χ1v) is 5.25. The smallest absolute Gasteiger partial charge is 0.222 e. The van der Waals surface area contributed by atoms with Crippen LogP contribution in [-0.4, -0.2) is 49.9 Å². The average molecular weight is 211 g/mol. The predicted molar refractivity (Wildman–Crippen MR) is 60.2 cm³/mol. The van der Waals surface area contributed by atoms with Crippen molar-refractivity contribution >= 4 is 5.91 Å². The molecule has 0 aliphatic carbocycles. The largest absolute Gasteiger partial charge is 0.349 e. The Bertz CT molecular complexity index is 232. The van der Waals surface area contributed by atoms with E-state index >= 15 is 0 Å². The normalized spacial score (nSPS) is 12.3. The topological polar surface area (TPSA) is 47.3 Å². The zero-order chi connectivity index (χ0) is 11.8. The fourth-order valence-corrected chi connectivity index (χ4v) is 1.32. The Hall–Kier alpha value is -1.08. The zero-order valence-electron chi connectivity index (χ0n) is 10.2. The number of carbonyl (C=O) groups excluding carboxylic acids is 1. The molecule has 1 atom stereocenters. The van der Waals surface area contributed by atoms with Gasteiger partial charge in [0, 0.05) is 27.1 Å². The van der Waals surface area contributed by atoms with Gasteiger partial charge in [-0.2, -0.15) is 5.26 Å². The molecule has 0 aromatic rings. The van der Waals surface area contributed by atoms with Crippen molar-refractivity contribution in [2.24, 2.45) is 5.92 Å². The number of carbonyl (C=O) groups is 1. The van der Waals surface area contributed by atoms with Crippen LogP contribution in [0.4, 0.5) is 0 Å². The van der Waals surface area contributed by atoms with E-state index in [1.807, 2.05) is 14.0 Å². The molecule has 0 rings (SSSR count). The van der Waals surface area contributed by atoms with Crippen LogP contribution in [0.2, 0.25) is 0 Å². The molecule has 0 aromatic carbocycles. The monoisotopic (exact) mass is 211 g/mol. The molecule has 1 amide bonds. The molecule has 0 saturated carbocycles. The van der Waals surface area contributed by atoms with Crippen molar-refractivity contribution in [3.63, 3.8) is 0 Å². The summed E-state index contributed by atoms with van der Waals surface area (Å²) in [4.78, 5) is 15.0. The summed E-state index contributed by atoms with van der Waals surface area (Å²) in [6.45, 7) is 3.54. The van der Waals surface area contributed by atoms with E-state index < -0.39 is 0 Å². The van der Waals surface area contributed by atoms with Gasteiger partial charge in [0.1, 0.15) is 0 Å². The van der Waals surface area contributed by atoms with Gasteiger partial charge in [0.2, 0.25) is 5.91 Å². The summed E-state index contributed by atoms with van der Waals surface area (Å²) in [6, 6.07) is 2.20. The summed E-state index contributed by atoms with van der Waals surface area (Å²) in [5.74, 6) is 0.219. The minimum absolute atomic E-state index is 0.0551. The third-order valence-corrected chi connectivity index (χ3v) is 2.24. The molecule has 4 heteroatoms. The summed E-state index contributed by atoms with van der Waals surface area (Å²) in [5, 5.41) is 8.63. The van der Waals surface area contributed by atoms with Gasteiger partial charge in [0.25, 0.3) is 0 Å². The van der Waals surface area contributed by atoms with E-state index in [0.29, 0.717) is 6.42 Å². The molecule has 4 nitrogen and oxygen atoms in total.